The van der Waals surface area contributed by atoms with Crippen LogP contribution in [0.15, 0.2) is 42.6 Å². The number of benzene rings is 2. The minimum Gasteiger partial charge on any atom is -0.506 e. The number of pyridine rings is 1. The van der Waals surface area contributed by atoms with Crippen LogP contribution in [0.2, 0.25) is 0 Å². The van der Waals surface area contributed by atoms with Crippen molar-refractivity contribution >= 4 is 10.9 Å². The molecule has 0 aliphatic heterocycles. The number of phenols is 1. The van der Waals surface area contributed by atoms with E-state index in [4.69, 9.17) is 15.2 Å². The Labute approximate surface area is 140 Å². The molecule has 0 amide bonds. The number of nitrogens with two attached hydrogens (primary N) is 1. The fourth-order valence-electron chi connectivity index (χ4n) is 2.93. The first kappa shape index (κ1) is 16.1. The predicted molar refractivity (Wildman–Crippen MR) is 94.7 cm³/mol. The second-order valence-corrected chi connectivity index (χ2v) is 5.45. The number of hydrogen-bond donors (Lipinski definition) is 2. The Bertz CT molecular complexity index is 878. The summed E-state index contributed by atoms with van der Waals surface area (Å²) in [5.74, 6) is 1.45. The monoisotopic (exact) mass is 324 g/mol. The SMILES string of the molecule is COc1cc(CCN)cc(-c2ccc(O)c3ncccc23)c1OC. The maximum Gasteiger partial charge on any atom is 0.168 e. The fourth-order valence-corrected chi connectivity index (χ4v) is 2.93. The van der Waals surface area contributed by atoms with Crippen molar-refractivity contribution in [2.45, 2.75) is 6.42 Å². The van der Waals surface area contributed by atoms with Crippen molar-refractivity contribution in [1.29, 1.82) is 0 Å². The number of aromatic nitrogens is 1. The smallest absolute Gasteiger partial charge is 0.168 e. The average Bonchev–Trinajstić information content (AvgIpc) is 2.62. The van der Waals surface area contributed by atoms with Crippen molar-refractivity contribution in [2.75, 3.05) is 20.8 Å². The molecular formula is C19H20N2O3. The normalized spacial score (nSPS) is 10.8. The van der Waals surface area contributed by atoms with Crippen molar-refractivity contribution in [3.8, 4) is 28.4 Å². The first-order chi connectivity index (χ1) is 11.7. The molecule has 0 unspecified atom stereocenters. The van der Waals surface area contributed by atoms with Crippen molar-refractivity contribution in [2.24, 2.45) is 5.73 Å². The highest BCUT2D eigenvalue weighted by Gasteiger charge is 2.17. The summed E-state index contributed by atoms with van der Waals surface area (Å²) in [5, 5.41) is 10.9. The second-order valence-electron chi connectivity index (χ2n) is 5.45. The fraction of sp³-hybridized carbons (Fsp3) is 0.211. The van der Waals surface area contributed by atoms with Gasteiger partial charge >= 0.3 is 0 Å². The number of methoxy groups -OCH3 is 2. The standard InChI is InChI=1S/C19H20N2O3/c1-23-17-11-12(7-8-20)10-15(19(17)24-2)13-5-6-16(22)18-14(13)4-3-9-21-18/h3-6,9-11,22H,7-8,20H2,1-2H3. The molecule has 3 N–H and O–H groups in total. The van der Waals surface area contributed by atoms with Crippen LogP contribution in [0, 0.1) is 0 Å². The summed E-state index contributed by atoms with van der Waals surface area (Å²) in [6, 6.07) is 11.3. The van der Waals surface area contributed by atoms with Gasteiger partial charge in [0.2, 0.25) is 0 Å². The lowest BCUT2D eigenvalue weighted by atomic mass is 9.96. The van der Waals surface area contributed by atoms with Crippen LogP contribution < -0.4 is 15.2 Å². The van der Waals surface area contributed by atoms with Crippen molar-refractivity contribution in [3.63, 3.8) is 0 Å². The number of aromatic hydroxyl groups is 1. The van der Waals surface area contributed by atoms with Crippen LogP contribution in [0.1, 0.15) is 5.56 Å². The third kappa shape index (κ3) is 2.74. The van der Waals surface area contributed by atoms with Gasteiger partial charge in [-0.3, -0.25) is 4.98 Å². The van der Waals surface area contributed by atoms with Crippen LogP contribution in [-0.2, 0) is 6.42 Å². The Morgan fingerprint density at radius 3 is 2.62 bits per heavy atom. The van der Waals surface area contributed by atoms with Crippen LogP contribution in [-0.4, -0.2) is 30.9 Å². The molecule has 5 heteroatoms. The largest absolute Gasteiger partial charge is 0.506 e. The zero-order valence-corrected chi connectivity index (χ0v) is 13.7. The molecule has 5 nitrogen and oxygen atoms in total. The van der Waals surface area contributed by atoms with Gasteiger partial charge in [0.25, 0.3) is 0 Å². The summed E-state index contributed by atoms with van der Waals surface area (Å²) in [5.41, 5.74) is 9.14. The Morgan fingerprint density at radius 1 is 1.08 bits per heavy atom. The van der Waals surface area contributed by atoms with Gasteiger partial charge in [-0.1, -0.05) is 6.07 Å². The van der Waals surface area contributed by atoms with Gasteiger partial charge in [-0.2, -0.15) is 0 Å². The summed E-state index contributed by atoms with van der Waals surface area (Å²) < 4.78 is 11.1. The van der Waals surface area contributed by atoms with Crippen molar-refractivity contribution in [3.05, 3.63) is 48.2 Å². The minimum atomic E-state index is 0.151. The minimum absolute atomic E-state index is 0.151. The van der Waals surface area contributed by atoms with Crippen LogP contribution in [0.4, 0.5) is 0 Å². The zero-order chi connectivity index (χ0) is 17.1. The van der Waals surface area contributed by atoms with Crippen LogP contribution in [0.25, 0.3) is 22.0 Å². The van der Waals surface area contributed by atoms with Gasteiger partial charge in [0.15, 0.2) is 11.5 Å². The van der Waals surface area contributed by atoms with Crippen LogP contribution in [0.5, 0.6) is 17.2 Å². The van der Waals surface area contributed by atoms with Gasteiger partial charge in [0, 0.05) is 17.1 Å². The molecule has 0 spiro atoms. The quantitative estimate of drug-likeness (QED) is 0.754. The van der Waals surface area contributed by atoms with E-state index in [2.05, 4.69) is 4.98 Å². The topological polar surface area (TPSA) is 77.6 Å². The molecule has 0 fully saturated rings. The third-order valence-corrected chi connectivity index (χ3v) is 4.01. The first-order valence-corrected chi connectivity index (χ1v) is 7.71. The number of phenolic OH excluding ortho intramolecular Hbond substituents is 1. The summed E-state index contributed by atoms with van der Waals surface area (Å²) in [7, 11) is 3.23. The van der Waals surface area contributed by atoms with Gasteiger partial charge in [-0.15, -0.1) is 0 Å². The molecule has 124 valence electrons. The first-order valence-electron chi connectivity index (χ1n) is 7.71. The van der Waals surface area contributed by atoms with E-state index in [9.17, 15) is 5.11 Å². The molecule has 1 aromatic heterocycles. The maximum absolute atomic E-state index is 10.1. The van der Waals surface area contributed by atoms with Crippen molar-refractivity contribution < 1.29 is 14.6 Å². The molecule has 0 radical (unpaired) electrons. The Hall–Kier alpha value is -2.79. The molecule has 0 atom stereocenters. The van der Waals surface area contributed by atoms with Crippen LogP contribution >= 0.6 is 0 Å². The molecule has 3 aromatic rings. The lowest BCUT2D eigenvalue weighted by Gasteiger charge is -2.16. The van der Waals surface area contributed by atoms with E-state index in [0.29, 0.717) is 23.6 Å². The zero-order valence-electron chi connectivity index (χ0n) is 13.7. The van der Waals surface area contributed by atoms with E-state index < -0.39 is 0 Å². The van der Waals surface area contributed by atoms with Gasteiger partial charge < -0.3 is 20.3 Å². The highest BCUT2D eigenvalue weighted by molar-refractivity contribution is 5.99. The highest BCUT2D eigenvalue weighted by atomic mass is 16.5. The lowest BCUT2D eigenvalue weighted by molar-refractivity contribution is 0.356. The van der Waals surface area contributed by atoms with E-state index >= 15 is 0 Å². The van der Waals surface area contributed by atoms with E-state index in [1.54, 1.807) is 26.5 Å². The van der Waals surface area contributed by atoms with Crippen molar-refractivity contribution in [1.82, 2.24) is 4.98 Å². The second kappa shape index (κ2) is 6.76. The van der Waals surface area contributed by atoms with Gasteiger partial charge in [-0.05, 0) is 54.4 Å². The molecule has 0 aliphatic rings. The van der Waals surface area contributed by atoms with Crippen LogP contribution in [0.3, 0.4) is 0 Å². The summed E-state index contributed by atoms with van der Waals surface area (Å²) in [4.78, 5) is 4.28. The third-order valence-electron chi connectivity index (χ3n) is 4.01. The summed E-state index contributed by atoms with van der Waals surface area (Å²) in [6.07, 6.45) is 2.40. The highest BCUT2D eigenvalue weighted by Crippen LogP contribution is 2.42. The summed E-state index contributed by atoms with van der Waals surface area (Å²) in [6.45, 7) is 0.548. The molecule has 2 aromatic carbocycles. The number of nitrogens with zero attached hydrogens (tertiary/aromatic N) is 1. The lowest BCUT2D eigenvalue weighted by Crippen LogP contribution is -2.04. The molecule has 1 heterocycles. The summed E-state index contributed by atoms with van der Waals surface area (Å²) >= 11 is 0. The molecule has 0 aliphatic carbocycles. The Balaban J connectivity index is 2.33. The van der Waals surface area contributed by atoms with Gasteiger partial charge in [0.1, 0.15) is 11.3 Å². The van der Waals surface area contributed by atoms with E-state index in [-0.39, 0.29) is 5.75 Å². The van der Waals surface area contributed by atoms with E-state index in [1.165, 1.54) is 0 Å². The molecule has 0 saturated heterocycles. The average molecular weight is 324 g/mol. The van der Waals surface area contributed by atoms with Gasteiger partial charge in [0.05, 0.1) is 14.2 Å². The molecule has 24 heavy (non-hydrogen) atoms. The number of fused-ring (bicyclic) bond motifs is 1. The predicted octanol–water partition coefficient (Wildman–Crippen LogP) is 3.13. The molecular weight excluding hydrogens is 304 g/mol. The number of hydrogen-bond acceptors (Lipinski definition) is 5. The van der Waals surface area contributed by atoms with E-state index in [1.807, 2.05) is 30.3 Å². The number of ether oxygens (including phenoxy) is 2. The molecule has 3 rings (SSSR count). The molecule has 0 saturated carbocycles. The Kier molecular flexibility index (Phi) is 4.53. The Morgan fingerprint density at radius 2 is 1.92 bits per heavy atom. The van der Waals surface area contributed by atoms with E-state index in [0.717, 1.165) is 28.5 Å². The van der Waals surface area contributed by atoms with Gasteiger partial charge in [-0.25, -0.2) is 0 Å². The molecule has 0 bridgehead atoms. The maximum atomic E-state index is 10.1. The number of rotatable bonds is 5.